The van der Waals surface area contributed by atoms with Crippen molar-refractivity contribution in [3.8, 4) is 0 Å². The van der Waals surface area contributed by atoms with E-state index in [1.165, 1.54) is 24.8 Å². The topological polar surface area (TPSA) is 29.5 Å². The van der Waals surface area contributed by atoms with Crippen LogP contribution in [0.1, 0.15) is 76.7 Å². The van der Waals surface area contributed by atoms with E-state index < -0.39 is 6.10 Å². The molecule has 0 spiro atoms. The Labute approximate surface area is 182 Å². The molecule has 2 aromatic rings. The highest BCUT2D eigenvalue weighted by Gasteiger charge is 2.55. The molecule has 0 radical (unpaired) electrons. The fourth-order valence-corrected chi connectivity index (χ4v) is 6.62. The van der Waals surface area contributed by atoms with E-state index in [4.69, 9.17) is 4.74 Å². The Kier molecular flexibility index (Phi) is 5.85. The number of hydrogen-bond donors (Lipinski definition) is 1. The van der Waals surface area contributed by atoms with E-state index in [1.807, 2.05) is 13.8 Å². The first-order chi connectivity index (χ1) is 14.2. The van der Waals surface area contributed by atoms with Gasteiger partial charge in [0.1, 0.15) is 0 Å². The van der Waals surface area contributed by atoms with E-state index in [2.05, 4.69) is 75.4 Å². The molecule has 1 N–H and O–H groups in total. The fraction of sp³-hybridized carbons (Fsp3) is 0.571. The van der Waals surface area contributed by atoms with Gasteiger partial charge in [0.05, 0.1) is 18.3 Å². The van der Waals surface area contributed by atoms with Crippen LogP contribution in [-0.2, 0) is 16.6 Å². The summed E-state index contributed by atoms with van der Waals surface area (Å²) >= 11 is 0. The van der Waals surface area contributed by atoms with Crippen LogP contribution in [0.25, 0.3) is 0 Å². The van der Waals surface area contributed by atoms with Crippen molar-refractivity contribution in [1.82, 2.24) is 0 Å². The first kappa shape index (κ1) is 21.6. The van der Waals surface area contributed by atoms with Crippen molar-refractivity contribution in [3.05, 3.63) is 71.3 Å². The van der Waals surface area contributed by atoms with Crippen LogP contribution < -0.4 is 0 Å². The fourth-order valence-electron chi connectivity index (χ4n) is 6.62. The van der Waals surface area contributed by atoms with Crippen LogP contribution in [0.4, 0.5) is 0 Å². The number of ether oxygens (including phenoxy) is 1. The molecule has 1 saturated carbocycles. The predicted octanol–water partition coefficient (Wildman–Crippen LogP) is 6.47. The van der Waals surface area contributed by atoms with Gasteiger partial charge < -0.3 is 9.84 Å². The Morgan fingerprint density at radius 2 is 1.60 bits per heavy atom. The number of benzene rings is 2. The van der Waals surface area contributed by atoms with Crippen LogP contribution in [0.3, 0.4) is 0 Å². The molecule has 2 nitrogen and oxygen atoms in total. The number of rotatable bonds is 5. The third-order valence-corrected chi connectivity index (χ3v) is 8.47. The van der Waals surface area contributed by atoms with Gasteiger partial charge in [-0.1, -0.05) is 75.4 Å². The molecule has 30 heavy (non-hydrogen) atoms. The number of aryl methyl sites for hydroxylation is 1. The van der Waals surface area contributed by atoms with Crippen molar-refractivity contribution in [2.24, 2.45) is 17.3 Å². The number of fused-ring (bicyclic) bond motifs is 3. The van der Waals surface area contributed by atoms with Gasteiger partial charge in [0.2, 0.25) is 0 Å². The van der Waals surface area contributed by atoms with Crippen LogP contribution in [0.5, 0.6) is 0 Å². The summed E-state index contributed by atoms with van der Waals surface area (Å²) < 4.78 is 6.61. The second-order valence-electron chi connectivity index (χ2n) is 10.5. The molecule has 0 bridgehead atoms. The molecule has 1 fully saturated rings. The second kappa shape index (κ2) is 8.13. The summed E-state index contributed by atoms with van der Waals surface area (Å²) in [6, 6.07) is 19.8. The van der Waals surface area contributed by atoms with Gasteiger partial charge in [0.25, 0.3) is 0 Å². The van der Waals surface area contributed by atoms with Gasteiger partial charge in [-0.2, -0.15) is 0 Å². The van der Waals surface area contributed by atoms with Gasteiger partial charge >= 0.3 is 0 Å². The maximum atomic E-state index is 10.2. The molecule has 2 heteroatoms. The van der Waals surface area contributed by atoms with Gasteiger partial charge in [-0.25, -0.2) is 0 Å². The largest absolute Gasteiger partial charge is 0.391 e. The van der Waals surface area contributed by atoms with Gasteiger partial charge in [0.15, 0.2) is 0 Å². The second-order valence-corrected chi connectivity index (χ2v) is 10.5. The first-order valence-corrected chi connectivity index (χ1v) is 11.7. The van der Waals surface area contributed by atoms with Gasteiger partial charge in [-0.05, 0) is 78.9 Å². The zero-order valence-electron chi connectivity index (χ0n) is 19.3. The zero-order chi connectivity index (χ0) is 21.5. The molecule has 4 rings (SSSR count). The molecule has 0 saturated heterocycles. The van der Waals surface area contributed by atoms with Crippen molar-refractivity contribution >= 4 is 0 Å². The summed E-state index contributed by atoms with van der Waals surface area (Å²) in [5, 5.41) is 10.2. The third-order valence-electron chi connectivity index (χ3n) is 8.47. The monoisotopic (exact) mass is 406 g/mol. The highest BCUT2D eigenvalue weighted by Crippen LogP contribution is 2.61. The van der Waals surface area contributed by atoms with Crippen LogP contribution in [0.15, 0.2) is 54.6 Å². The molecule has 0 heterocycles. The average Bonchev–Trinajstić information content (AvgIpc) is 2.73. The quantitative estimate of drug-likeness (QED) is 0.616. The third kappa shape index (κ3) is 3.63. The van der Waals surface area contributed by atoms with E-state index in [9.17, 15) is 5.11 Å². The summed E-state index contributed by atoms with van der Waals surface area (Å²) in [5.74, 6) is 1.04. The summed E-state index contributed by atoms with van der Waals surface area (Å²) in [4.78, 5) is 0. The zero-order valence-corrected chi connectivity index (χ0v) is 19.3. The normalized spacial score (nSPS) is 30.6. The first-order valence-electron chi connectivity index (χ1n) is 11.7. The van der Waals surface area contributed by atoms with E-state index in [1.54, 1.807) is 11.1 Å². The summed E-state index contributed by atoms with van der Waals surface area (Å²) in [6.07, 6.45) is 4.09. The molecule has 0 aromatic heterocycles. The SMILES string of the molecule is C[C@H](O)[C@@H](C)O[C@@H](c1ccccc1)[C@H]1CC[C@]2(C)c3ccccc3CC[C@H]2C1(C)C. The predicted molar refractivity (Wildman–Crippen MR) is 124 cm³/mol. The van der Waals surface area contributed by atoms with E-state index in [0.29, 0.717) is 11.8 Å². The molecule has 6 atom stereocenters. The van der Waals surface area contributed by atoms with Crippen LogP contribution in [-0.4, -0.2) is 17.3 Å². The molecular formula is C28H38O2. The Morgan fingerprint density at radius 1 is 0.933 bits per heavy atom. The maximum absolute atomic E-state index is 10.2. The molecule has 2 aliphatic rings. The average molecular weight is 407 g/mol. The van der Waals surface area contributed by atoms with E-state index >= 15 is 0 Å². The lowest BCUT2D eigenvalue weighted by Crippen LogP contribution is -2.53. The minimum Gasteiger partial charge on any atom is -0.391 e. The van der Waals surface area contributed by atoms with Crippen LogP contribution in [0, 0.1) is 17.3 Å². The van der Waals surface area contributed by atoms with Crippen molar-refractivity contribution < 1.29 is 9.84 Å². The highest BCUT2D eigenvalue weighted by molar-refractivity contribution is 5.39. The standard InChI is InChI=1S/C28H38O2/c1-19(29)20(2)30-26(22-12-7-6-8-13-22)24-17-18-28(5)23-14-10-9-11-21(23)15-16-25(28)27(24,3)4/h6-14,19-20,24-26,29H,15-18H2,1-5H3/t19-,20+,24+,25-,26-,28+/m0/s1. The van der Waals surface area contributed by atoms with Gasteiger partial charge in [0, 0.05) is 0 Å². The molecule has 2 aromatic carbocycles. The summed E-state index contributed by atoms with van der Waals surface area (Å²) in [6.45, 7) is 11.3. The molecular weight excluding hydrogens is 368 g/mol. The van der Waals surface area contributed by atoms with Crippen molar-refractivity contribution in [2.45, 2.75) is 84.0 Å². The molecule has 2 aliphatic carbocycles. The molecule has 0 unspecified atom stereocenters. The van der Waals surface area contributed by atoms with Crippen molar-refractivity contribution in [2.75, 3.05) is 0 Å². The smallest absolute Gasteiger partial charge is 0.0863 e. The maximum Gasteiger partial charge on any atom is 0.0863 e. The number of hydrogen-bond acceptors (Lipinski definition) is 2. The van der Waals surface area contributed by atoms with E-state index in [-0.39, 0.29) is 23.0 Å². The lowest BCUT2D eigenvalue weighted by atomic mass is 9.46. The summed E-state index contributed by atoms with van der Waals surface area (Å²) in [7, 11) is 0. The van der Waals surface area contributed by atoms with Gasteiger partial charge in [-0.15, -0.1) is 0 Å². The Hall–Kier alpha value is -1.64. The Morgan fingerprint density at radius 3 is 2.30 bits per heavy atom. The lowest BCUT2D eigenvalue weighted by Gasteiger charge is -2.59. The van der Waals surface area contributed by atoms with Crippen LogP contribution in [0.2, 0.25) is 0 Å². The minimum atomic E-state index is -0.477. The number of aliphatic hydroxyl groups excluding tert-OH is 1. The molecule has 162 valence electrons. The lowest BCUT2D eigenvalue weighted by molar-refractivity contribution is -0.137. The summed E-state index contributed by atoms with van der Waals surface area (Å²) in [5.41, 5.74) is 4.72. The molecule has 0 aliphatic heterocycles. The van der Waals surface area contributed by atoms with Gasteiger partial charge in [-0.3, -0.25) is 0 Å². The molecule has 0 amide bonds. The Bertz CT molecular complexity index is 856. The van der Waals surface area contributed by atoms with Crippen LogP contribution >= 0.6 is 0 Å². The van der Waals surface area contributed by atoms with Crippen molar-refractivity contribution in [1.29, 1.82) is 0 Å². The highest BCUT2D eigenvalue weighted by atomic mass is 16.5. The number of aliphatic hydroxyl groups is 1. The van der Waals surface area contributed by atoms with E-state index in [0.717, 1.165) is 6.42 Å². The van der Waals surface area contributed by atoms with Crippen molar-refractivity contribution in [3.63, 3.8) is 0 Å². The minimum absolute atomic E-state index is 0.00696. The Balaban J connectivity index is 1.71.